The second kappa shape index (κ2) is 6.17. The number of piperazine rings is 1. The minimum atomic E-state index is -2.83. The Morgan fingerprint density at radius 3 is 2.52 bits per heavy atom. The normalized spacial score (nSPS) is 30.6. The lowest BCUT2D eigenvalue weighted by Crippen LogP contribution is -2.65. The van der Waals surface area contributed by atoms with Crippen LogP contribution in [0.1, 0.15) is 51.4 Å². The number of sulfone groups is 1. The summed E-state index contributed by atoms with van der Waals surface area (Å²) in [7, 11) is -2.83. The van der Waals surface area contributed by atoms with Crippen LogP contribution < -0.4 is 5.32 Å². The van der Waals surface area contributed by atoms with Crippen molar-refractivity contribution in [3.05, 3.63) is 0 Å². The van der Waals surface area contributed by atoms with Crippen molar-refractivity contribution >= 4 is 9.84 Å². The van der Waals surface area contributed by atoms with Gasteiger partial charge in [-0.2, -0.15) is 0 Å². The Labute approximate surface area is 129 Å². The van der Waals surface area contributed by atoms with Crippen molar-refractivity contribution in [3.8, 4) is 0 Å². The predicted octanol–water partition coefficient (Wildman–Crippen LogP) is 1.81. The van der Waals surface area contributed by atoms with Crippen molar-refractivity contribution in [2.75, 3.05) is 31.6 Å². The van der Waals surface area contributed by atoms with E-state index in [-0.39, 0.29) is 0 Å². The van der Waals surface area contributed by atoms with Crippen LogP contribution in [-0.4, -0.2) is 56.5 Å². The van der Waals surface area contributed by atoms with Crippen LogP contribution in [0.15, 0.2) is 0 Å². The average Bonchev–Trinajstić information content (AvgIpc) is 3.25. The first-order chi connectivity index (χ1) is 9.99. The van der Waals surface area contributed by atoms with Crippen LogP contribution in [0.4, 0.5) is 0 Å². The molecule has 3 aliphatic rings. The maximum Gasteiger partial charge on any atom is 0.147 e. The Bertz CT molecular complexity index is 453. The van der Waals surface area contributed by atoms with E-state index < -0.39 is 9.84 Å². The van der Waals surface area contributed by atoms with Gasteiger partial charge in [0.05, 0.1) is 5.75 Å². The molecule has 0 aromatic rings. The monoisotopic (exact) mass is 314 g/mol. The van der Waals surface area contributed by atoms with Crippen molar-refractivity contribution in [1.29, 1.82) is 0 Å². The summed E-state index contributed by atoms with van der Waals surface area (Å²) in [4.78, 5) is 2.66. The molecule has 1 unspecified atom stereocenters. The van der Waals surface area contributed by atoms with Crippen LogP contribution in [0.3, 0.4) is 0 Å². The lowest BCUT2D eigenvalue weighted by Gasteiger charge is -2.52. The molecular formula is C16H30N2O2S. The van der Waals surface area contributed by atoms with E-state index in [4.69, 9.17) is 0 Å². The third-order valence-corrected chi connectivity index (χ3v) is 6.73. The average molecular weight is 314 g/mol. The van der Waals surface area contributed by atoms with Crippen LogP contribution in [0.25, 0.3) is 0 Å². The van der Waals surface area contributed by atoms with E-state index >= 15 is 0 Å². The summed E-state index contributed by atoms with van der Waals surface area (Å²) in [6.07, 6.45) is 11.5. The highest BCUT2D eigenvalue weighted by Crippen LogP contribution is 2.40. The molecular weight excluding hydrogens is 284 g/mol. The molecule has 122 valence electrons. The molecule has 4 nitrogen and oxygen atoms in total. The fourth-order valence-electron chi connectivity index (χ4n) is 4.29. The van der Waals surface area contributed by atoms with Gasteiger partial charge in [0.2, 0.25) is 0 Å². The zero-order valence-corrected chi connectivity index (χ0v) is 14.1. The molecule has 1 spiro atoms. The van der Waals surface area contributed by atoms with Gasteiger partial charge in [0, 0.05) is 30.9 Å². The van der Waals surface area contributed by atoms with Gasteiger partial charge in [0.1, 0.15) is 9.84 Å². The molecule has 0 radical (unpaired) electrons. The van der Waals surface area contributed by atoms with Gasteiger partial charge >= 0.3 is 0 Å². The second-order valence-electron chi connectivity index (χ2n) is 7.54. The van der Waals surface area contributed by atoms with Gasteiger partial charge in [0.25, 0.3) is 0 Å². The van der Waals surface area contributed by atoms with Crippen molar-refractivity contribution in [2.45, 2.75) is 62.9 Å². The topological polar surface area (TPSA) is 49.4 Å². The molecule has 2 saturated carbocycles. The fourth-order valence-corrected chi connectivity index (χ4v) is 4.95. The Balaban J connectivity index is 1.63. The van der Waals surface area contributed by atoms with Crippen molar-refractivity contribution in [1.82, 2.24) is 10.2 Å². The summed E-state index contributed by atoms with van der Waals surface area (Å²) in [6, 6.07) is 0.649. The summed E-state index contributed by atoms with van der Waals surface area (Å²) in [5, 5.41) is 3.82. The highest BCUT2D eigenvalue weighted by molar-refractivity contribution is 7.90. The van der Waals surface area contributed by atoms with E-state index in [1.165, 1.54) is 51.2 Å². The summed E-state index contributed by atoms with van der Waals surface area (Å²) in [5.74, 6) is 1.21. The molecule has 0 aromatic heterocycles. The maximum atomic E-state index is 11.4. The number of hydrogen-bond acceptors (Lipinski definition) is 4. The predicted molar refractivity (Wildman–Crippen MR) is 86.2 cm³/mol. The Morgan fingerprint density at radius 2 is 1.90 bits per heavy atom. The molecule has 1 heterocycles. The highest BCUT2D eigenvalue weighted by Gasteiger charge is 2.45. The molecule has 21 heavy (non-hydrogen) atoms. The van der Waals surface area contributed by atoms with Gasteiger partial charge in [-0.1, -0.05) is 19.3 Å². The number of nitrogens with one attached hydrogen (secondary N) is 1. The molecule has 1 N–H and O–H groups in total. The molecule has 1 aliphatic heterocycles. The van der Waals surface area contributed by atoms with Crippen molar-refractivity contribution in [3.63, 3.8) is 0 Å². The molecule has 5 heteroatoms. The molecule has 0 amide bonds. The summed E-state index contributed by atoms with van der Waals surface area (Å²) in [5.41, 5.74) is 0.321. The summed E-state index contributed by atoms with van der Waals surface area (Å²) < 4.78 is 22.8. The first kappa shape index (κ1) is 15.8. The minimum Gasteiger partial charge on any atom is -0.311 e. The molecule has 3 fully saturated rings. The summed E-state index contributed by atoms with van der Waals surface area (Å²) >= 11 is 0. The van der Waals surface area contributed by atoms with Gasteiger partial charge in [-0.15, -0.1) is 0 Å². The van der Waals surface area contributed by atoms with Gasteiger partial charge in [0.15, 0.2) is 0 Å². The standard InChI is InChI=1S/C16H30N2O2S/c1-21(19,20)11-5-10-18-12-15(14-6-7-14)17-13-16(18)8-3-2-4-9-16/h14-15,17H,2-13H2,1H3. The molecule has 1 saturated heterocycles. The van der Waals surface area contributed by atoms with Crippen LogP contribution >= 0.6 is 0 Å². The van der Waals surface area contributed by atoms with Gasteiger partial charge in [-0.25, -0.2) is 8.42 Å². The lowest BCUT2D eigenvalue weighted by atomic mass is 9.78. The van der Waals surface area contributed by atoms with Crippen LogP contribution in [0.5, 0.6) is 0 Å². The van der Waals surface area contributed by atoms with Gasteiger partial charge in [-0.3, -0.25) is 4.90 Å². The third-order valence-electron chi connectivity index (χ3n) is 5.70. The minimum absolute atomic E-state index is 0.321. The van der Waals surface area contributed by atoms with Crippen molar-refractivity contribution < 1.29 is 8.42 Å². The van der Waals surface area contributed by atoms with Gasteiger partial charge in [-0.05, 0) is 44.6 Å². The molecule has 0 bridgehead atoms. The van der Waals surface area contributed by atoms with Gasteiger partial charge < -0.3 is 5.32 Å². The highest BCUT2D eigenvalue weighted by atomic mass is 32.2. The molecule has 1 atom stereocenters. The smallest absolute Gasteiger partial charge is 0.147 e. The molecule has 2 aliphatic carbocycles. The second-order valence-corrected chi connectivity index (χ2v) is 9.80. The summed E-state index contributed by atoms with van der Waals surface area (Å²) in [6.45, 7) is 3.21. The van der Waals surface area contributed by atoms with E-state index in [9.17, 15) is 8.42 Å². The van der Waals surface area contributed by atoms with Crippen molar-refractivity contribution in [2.24, 2.45) is 5.92 Å². The lowest BCUT2D eigenvalue weighted by molar-refractivity contribution is 0.00651. The van der Waals surface area contributed by atoms with Crippen LogP contribution in [0, 0.1) is 5.92 Å². The first-order valence-electron chi connectivity index (χ1n) is 8.65. The quantitative estimate of drug-likeness (QED) is 0.841. The van der Waals surface area contributed by atoms with E-state index in [2.05, 4.69) is 10.2 Å². The zero-order chi connectivity index (χ0) is 14.9. The zero-order valence-electron chi connectivity index (χ0n) is 13.3. The number of rotatable bonds is 5. The first-order valence-corrected chi connectivity index (χ1v) is 10.7. The van der Waals surface area contributed by atoms with Crippen LogP contribution in [-0.2, 0) is 9.84 Å². The van der Waals surface area contributed by atoms with E-state index in [1.54, 1.807) is 0 Å². The SMILES string of the molecule is CS(=O)(=O)CCCN1CC(C2CC2)NCC12CCCCC2. The largest absolute Gasteiger partial charge is 0.311 e. The van der Waals surface area contributed by atoms with E-state index in [0.717, 1.165) is 32.0 Å². The molecule has 0 aromatic carbocycles. The van der Waals surface area contributed by atoms with Crippen LogP contribution in [0.2, 0.25) is 0 Å². The third kappa shape index (κ3) is 3.99. The Kier molecular flexibility index (Phi) is 4.63. The Morgan fingerprint density at radius 1 is 1.19 bits per heavy atom. The van der Waals surface area contributed by atoms with E-state index in [1.807, 2.05) is 0 Å². The fraction of sp³-hybridized carbons (Fsp3) is 1.00. The number of nitrogens with zero attached hydrogens (tertiary/aromatic N) is 1. The molecule has 3 rings (SSSR count). The Hall–Kier alpha value is -0.130. The maximum absolute atomic E-state index is 11.4. The number of hydrogen-bond donors (Lipinski definition) is 1. The van der Waals surface area contributed by atoms with E-state index in [0.29, 0.717) is 17.3 Å².